The zero-order chi connectivity index (χ0) is 24.2. The summed E-state index contributed by atoms with van der Waals surface area (Å²) in [5, 5.41) is 14.2. The fourth-order valence-electron chi connectivity index (χ4n) is 3.91. The van der Waals surface area contributed by atoms with Crippen LogP contribution in [0.4, 0.5) is 17.1 Å². The van der Waals surface area contributed by atoms with Gasteiger partial charge in [0.15, 0.2) is 11.5 Å². The second-order valence-electron chi connectivity index (χ2n) is 7.58. The van der Waals surface area contributed by atoms with Gasteiger partial charge >= 0.3 is 0 Å². The number of para-hydroxylation sites is 1. The van der Waals surface area contributed by atoms with E-state index in [1.165, 1.54) is 19.2 Å². The number of hydrogen-bond acceptors (Lipinski definition) is 6. The minimum Gasteiger partial charge on any atom is -0.493 e. The molecular formula is C25H23N3O6. The average Bonchev–Trinajstić information content (AvgIpc) is 3.28. The first kappa shape index (κ1) is 22.8. The van der Waals surface area contributed by atoms with Crippen molar-refractivity contribution in [1.29, 1.82) is 0 Å². The van der Waals surface area contributed by atoms with Gasteiger partial charge in [-0.3, -0.25) is 19.7 Å². The smallest absolute Gasteiger partial charge is 0.286 e. The molecule has 0 fully saturated rings. The van der Waals surface area contributed by atoms with Crippen molar-refractivity contribution in [2.24, 2.45) is 0 Å². The number of carbonyl (C=O) groups excluding carboxylic acids is 2. The summed E-state index contributed by atoms with van der Waals surface area (Å²) in [4.78, 5) is 38.5. The number of hydrogen-bond donors (Lipinski definition) is 1. The van der Waals surface area contributed by atoms with E-state index in [2.05, 4.69) is 5.32 Å². The largest absolute Gasteiger partial charge is 0.493 e. The van der Waals surface area contributed by atoms with Crippen molar-refractivity contribution < 1.29 is 24.0 Å². The number of rotatable bonds is 7. The molecule has 0 saturated carbocycles. The van der Waals surface area contributed by atoms with Gasteiger partial charge in [0.05, 0.1) is 24.7 Å². The summed E-state index contributed by atoms with van der Waals surface area (Å²) in [6.07, 6.45) is 0.806. The number of fused-ring (bicyclic) bond motifs is 1. The minimum atomic E-state index is -0.680. The quantitative estimate of drug-likeness (QED) is 0.411. The summed E-state index contributed by atoms with van der Waals surface area (Å²) in [6, 6.07) is 16.7. The Bertz CT molecular complexity index is 1260. The van der Waals surface area contributed by atoms with E-state index in [0.29, 0.717) is 17.8 Å². The molecule has 1 N–H and O–H groups in total. The Kier molecular flexibility index (Phi) is 6.44. The monoisotopic (exact) mass is 461 g/mol. The van der Waals surface area contributed by atoms with E-state index < -0.39 is 16.5 Å². The fraction of sp³-hybridized carbons (Fsp3) is 0.200. The fourth-order valence-corrected chi connectivity index (χ4v) is 3.91. The van der Waals surface area contributed by atoms with Crippen LogP contribution in [0.5, 0.6) is 11.5 Å². The van der Waals surface area contributed by atoms with Crippen LogP contribution in [0.25, 0.3) is 0 Å². The number of nitrogens with zero attached hydrogens (tertiary/aromatic N) is 2. The molecule has 1 heterocycles. The molecule has 0 saturated heterocycles. The molecule has 3 aromatic carbocycles. The van der Waals surface area contributed by atoms with Crippen LogP contribution in [0.15, 0.2) is 60.7 Å². The molecule has 0 atom stereocenters. The molecule has 2 amide bonds. The first-order valence-electron chi connectivity index (χ1n) is 10.7. The molecular weight excluding hydrogens is 438 g/mol. The molecule has 174 valence electrons. The molecule has 0 unspecified atom stereocenters. The van der Waals surface area contributed by atoms with Crippen LogP contribution in [0.3, 0.4) is 0 Å². The van der Waals surface area contributed by atoms with Crippen LogP contribution in [0, 0.1) is 10.1 Å². The standard InChI is InChI=1S/C25H23N3O6/c1-3-34-23-15-21(28(31)32)19(14-22(23)33-2)24(29)26-18-10-8-17(9-11-18)25(30)27-13-12-16-6-4-5-7-20(16)27/h4-11,14-15H,3,12-13H2,1-2H3,(H,26,29). The van der Waals surface area contributed by atoms with Crippen LogP contribution in [-0.4, -0.2) is 37.0 Å². The lowest BCUT2D eigenvalue weighted by Gasteiger charge is -2.17. The lowest BCUT2D eigenvalue weighted by molar-refractivity contribution is -0.385. The zero-order valence-corrected chi connectivity index (χ0v) is 18.7. The average molecular weight is 461 g/mol. The molecule has 0 radical (unpaired) electrons. The molecule has 1 aliphatic heterocycles. The number of nitro benzene ring substituents is 1. The van der Waals surface area contributed by atoms with E-state index in [1.54, 1.807) is 36.1 Å². The van der Waals surface area contributed by atoms with Crippen LogP contribution < -0.4 is 19.7 Å². The van der Waals surface area contributed by atoms with Crippen LogP contribution in [0.2, 0.25) is 0 Å². The molecule has 1 aliphatic rings. The van der Waals surface area contributed by atoms with Gasteiger partial charge in [-0.2, -0.15) is 0 Å². The van der Waals surface area contributed by atoms with Crippen molar-refractivity contribution in [3.63, 3.8) is 0 Å². The Labute approximate surface area is 196 Å². The van der Waals surface area contributed by atoms with Gasteiger partial charge in [-0.25, -0.2) is 0 Å². The van der Waals surface area contributed by atoms with E-state index in [4.69, 9.17) is 9.47 Å². The number of nitro groups is 1. The molecule has 34 heavy (non-hydrogen) atoms. The van der Waals surface area contributed by atoms with Gasteiger partial charge < -0.3 is 19.7 Å². The predicted molar refractivity (Wildman–Crippen MR) is 127 cm³/mol. The highest BCUT2D eigenvalue weighted by Crippen LogP contribution is 2.35. The normalized spacial score (nSPS) is 12.1. The van der Waals surface area contributed by atoms with E-state index >= 15 is 0 Å². The Hall–Kier alpha value is -4.40. The number of nitrogens with one attached hydrogen (secondary N) is 1. The maximum absolute atomic E-state index is 13.0. The topological polar surface area (TPSA) is 111 Å². The number of benzene rings is 3. The van der Waals surface area contributed by atoms with Gasteiger partial charge in [0, 0.05) is 29.5 Å². The van der Waals surface area contributed by atoms with Gasteiger partial charge in [0.25, 0.3) is 17.5 Å². The van der Waals surface area contributed by atoms with Crippen LogP contribution in [-0.2, 0) is 6.42 Å². The van der Waals surface area contributed by atoms with Crippen molar-refractivity contribution in [3.8, 4) is 11.5 Å². The van der Waals surface area contributed by atoms with Gasteiger partial charge in [-0.1, -0.05) is 18.2 Å². The lowest BCUT2D eigenvalue weighted by Crippen LogP contribution is -2.28. The molecule has 0 aromatic heterocycles. The van der Waals surface area contributed by atoms with Crippen molar-refractivity contribution in [1.82, 2.24) is 0 Å². The Morgan fingerprint density at radius 2 is 1.82 bits per heavy atom. The first-order valence-corrected chi connectivity index (χ1v) is 10.7. The summed E-state index contributed by atoms with van der Waals surface area (Å²) in [7, 11) is 1.39. The number of carbonyl (C=O) groups is 2. The van der Waals surface area contributed by atoms with Crippen LogP contribution >= 0.6 is 0 Å². The Balaban J connectivity index is 1.53. The molecule has 9 nitrogen and oxygen atoms in total. The van der Waals surface area contributed by atoms with Crippen molar-refractivity contribution in [2.45, 2.75) is 13.3 Å². The third-order valence-electron chi connectivity index (χ3n) is 5.55. The summed E-state index contributed by atoms with van der Waals surface area (Å²) in [5.74, 6) is -0.417. The zero-order valence-electron chi connectivity index (χ0n) is 18.7. The Morgan fingerprint density at radius 3 is 2.50 bits per heavy atom. The van der Waals surface area contributed by atoms with Crippen molar-refractivity contribution >= 4 is 28.9 Å². The molecule has 4 rings (SSSR count). The maximum Gasteiger partial charge on any atom is 0.286 e. The maximum atomic E-state index is 13.0. The highest BCUT2D eigenvalue weighted by atomic mass is 16.6. The SMILES string of the molecule is CCOc1cc([N+](=O)[O-])c(C(=O)Nc2ccc(C(=O)N3CCc4ccccc43)cc2)cc1OC. The molecule has 0 spiro atoms. The molecule has 0 bridgehead atoms. The summed E-state index contributed by atoms with van der Waals surface area (Å²) < 4.78 is 10.6. The van der Waals surface area contributed by atoms with E-state index in [9.17, 15) is 19.7 Å². The summed E-state index contributed by atoms with van der Waals surface area (Å²) in [6.45, 7) is 2.63. The van der Waals surface area contributed by atoms with Gasteiger partial charge in [0.1, 0.15) is 5.56 Å². The summed E-state index contributed by atoms with van der Waals surface area (Å²) in [5.41, 5.74) is 2.34. The number of methoxy groups -OCH3 is 1. The van der Waals surface area contributed by atoms with Gasteiger partial charge in [-0.15, -0.1) is 0 Å². The Morgan fingerprint density at radius 1 is 1.09 bits per heavy atom. The van der Waals surface area contributed by atoms with E-state index in [0.717, 1.165) is 17.7 Å². The van der Waals surface area contributed by atoms with E-state index in [-0.39, 0.29) is 29.6 Å². The van der Waals surface area contributed by atoms with Crippen LogP contribution in [0.1, 0.15) is 33.2 Å². The van der Waals surface area contributed by atoms with E-state index in [1.807, 2.05) is 24.3 Å². The summed E-state index contributed by atoms with van der Waals surface area (Å²) >= 11 is 0. The van der Waals surface area contributed by atoms with Gasteiger partial charge in [0.2, 0.25) is 0 Å². The van der Waals surface area contributed by atoms with Gasteiger partial charge in [-0.05, 0) is 49.2 Å². The van der Waals surface area contributed by atoms with Crippen molar-refractivity contribution in [3.05, 3.63) is 87.5 Å². The predicted octanol–water partition coefficient (Wildman–Crippen LogP) is 4.46. The third kappa shape index (κ3) is 4.40. The molecule has 0 aliphatic carbocycles. The molecule has 3 aromatic rings. The second-order valence-corrected chi connectivity index (χ2v) is 7.58. The minimum absolute atomic E-state index is 0.130. The number of amides is 2. The van der Waals surface area contributed by atoms with Crippen molar-refractivity contribution in [2.75, 3.05) is 30.5 Å². The number of ether oxygens (including phenoxy) is 2. The highest BCUT2D eigenvalue weighted by molar-refractivity contribution is 6.09. The second kappa shape index (κ2) is 9.62. The highest BCUT2D eigenvalue weighted by Gasteiger charge is 2.26. The third-order valence-corrected chi connectivity index (χ3v) is 5.55. The first-order chi connectivity index (χ1) is 16.4. The lowest BCUT2D eigenvalue weighted by atomic mass is 10.1. The number of anilines is 2. The molecule has 9 heteroatoms.